The highest BCUT2D eigenvalue weighted by atomic mass is 29.2. The van der Waals surface area contributed by atoms with E-state index in [0.717, 1.165) is 0 Å². The van der Waals surface area contributed by atoms with Gasteiger partial charge < -0.3 is 4.98 Å². The maximum Gasteiger partial charge on any atom is 0.119 e. The molecule has 0 spiro atoms. The van der Waals surface area contributed by atoms with Crippen LogP contribution in [0.15, 0.2) is 30.3 Å². The molecule has 3 heteroatoms. The highest BCUT2D eigenvalue weighted by Gasteiger charge is 2.06. The van der Waals surface area contributed by atoms with Gasteiger partial charge in [0, 0.05) is 9.76 Å². The van der Waals surface area contributed by atoms with Crippen LogP contribution in [0.5, 0.6) is 0 Å². The molecule has 0 saturated carbocycles. The van der Waals surface area contributed by atoms with Gasteiger partial charge in [-0.3, -0.25) is 0 Å². The fourth-order valence-corrected chi connectivity index (χ4v) is 6.48. The zero-order valence-electron chi connectivity index (χ0n) is 8.04. The minimum absolute atomic E-state index is 0.638. The van der Waals surface area contributed by atoms with Crippen molar-refractivity contribution in [2.45, 2.75) is 19.9 Å². The molecule has 1 atom stereocenters. The molecule has 0 saturated heterocycles. The monoisotopic (exact) mass is 195 g/mol. The van der Waals surface area contributed by atoms with Crippen LogP contribution in [0.2, 0.25) is 0 Å². The van der Waals surface area contributed by atoms with Crippen LogP contribution in [0.25, 0.3) is 0 Å². The molecule has 0 bridgehead atoms. The van der Waals surface area contributed by atoms with E-state index in [2.05, 4.69) is 49.2 Å². The van der Waals surface area contributed by atoms with Crippen LogP contribution in [0.4, 0.5) is 0 Å². The Morgan fingerprint density at radius 3 is 2.33 bits per heavy atom. The van der Waals surface area contributed by atoms with Crippen molar-refractivity contribution in [2.75, 3.05) is 0 Å². The van der Waals surface area contributed by atoms with Gasteiger partial charge in [0.05, 0.1) is 0 Å². The van der Waals surface area contributed by atoms with E-state index in [1.807, 2.05) is 0 Å². The lowest BCUT2D eigenvalue weighted by atomic mass is 10.4. The highest BCUT2D eigenvalue weighted by Crippen LogP contribution is 1.85. The van der Waals surface area contributed by atoms with Crippen LogP contribution >= 0.6 is 0 Å². The Hall–Kier alpha value is -0.386. The topological polar surface area (TPSA) is 12.0 Å². The molecule has 12 heavy (non-hydrogen) atoms. The van der Waals surface area contributed by atoms with Crippen molar-refractivity contribution in [1.29, 1.82) is 0 Å². The fraction of sp³-hybridized carbons (Fsp3) is 0.333. The van der Waals surface area contributed by atoms with E-state index in [1.54, 1.807) is 5.19 Å². The van der Waals surface area contributed by atoms with Gasteiger partial charge in [-0.15, -0.1) is 0 Å². The number of hydrogen-bond acceptors (Lipinski definition) is 1. The van der Waals surface area contributed by atoms with Crippen molar-refractivity contribution in [3.63, 3.8) is 0 Å². The summed E-state index contributed by atoms with van der Waals surface area (Å²) in [5.41, 5.74) is 0. The number of nitrogens with one attached hydrogen (secondary N) is 1. The van der Waals surface area contributed by atoms with Crippen molar-refractivity contribution in [3.8, 4) is 0 Å². The van der Waals surface area contributed by atoms with Crippen LogP contribution in [0.1, 0.15) is 13.8 Å². The lowest BCUT2D eigenvalue weighted by Crippen LogP contribution is -2.48. The number of hydrogen-bond donors (Lipinski definition) is 1. The first kappa shape index (κ1) is 9.70. The summed E-state index contributed by atoms with van der Waals surface area (Å²) in [4.78, 5) is 3.66. The summed E-state index contributed by atoms with van der Waals surface area (Å²) in [6.07, 6.45) is 0. The standard InChI is InChI=1S/C9H17NSi2/c1-8(2)10-12(11)9-6-4-3-5-7-9/h3-8,10,12H,1-2,11H3. The highest BCUT2D eigenvalue weighted by molar-refractivity contribution is 7.09. The van der Waals surface area contributed by atoms with Crippen LogP contribution in [0, 0.1) is 0 Å². The third-order valence-corrected chi connectivity index (χ3v) is 7.43. The molecule has 0 amide bonds. The zero-order valence-corrected chi connectivity index (χ0v) is 11.2. The normalized spacial score (nSPS) is 13.6. The minimum Gasteiger partial charge on any atom is -0.336 e. The van der Waals surface area contributed by atoms with Crippen molar-refractivity contribution >= 4 is 23.4 Å². The van der Waals surface area contributed by atoms with E-state index < -0.39 is 8.48 Å². The van der Waals surface area contributed by atoms with E-state index in [4.69, 9.17) is 0 Å². The van der Waals surface area contributed by atoms with Crippen LogP contribution in [0.3, 0.4) is 0 Å². The molecule has 0 fully saturated rings. The van der Waals surface area contributed by atoms with Gasteiger partial charge in [-0.2, -0.15) is 0 Å². The van der Waals surface area contributed by atoms with E-state index in [1.165, 1.54) is 9.76 Å². The molecule has 0 aliphatic carbocycles. The van der Waals surface area contributed by atoms with Gasteiger partial charge in [-0.05, 0) is 6.04 Å². The Morgan fingerprint density at radius 1 is 1.25 bits per heavy atom. The van der Waals surface area contributed by atoms with E-state index in [0.29, 0.717) is 6.04 Å². The molecule has 66 valence electrons. The van der Waals surface area contributed by atoms with Gasteiger partial charge in [0.2, 0.25) is 0 Å². The van der Waals surface area contributed by atoms with Gasteiger partial charge >= 0.3 is 0 Å². The fourth-order valence-electron chi connectivity index (χ4n) is 1.34. The van der Waals surface area contributed by atoms with Gasteiger partial charge in [-0.1, -0.05) is 49.4 Å². The van der Waals surface area contributed by atoms with Crippen LogP contribution in [-0.4, -0.2) is 24.3 Å². The second kappa shape index (κ2) is 4.59. The molecule has 1 aromatic carbocycles. The molecule has 1 N–H and O–H groups in total. The molecule has 0 aliphatic heterocycles. The van der Waals surface area contributed by atoms with E-state index in [9.17, 15) is 0 Å². The van der Waals surface area contributed by atoms with Crippen LogP contribution < -0.4 is 10.2 Å². The summed E-state index contributed by atoms with van der Waals surface area (Å²) in [6, 6.07) is 11.5. The van der Waals surface area contributed by atoms with Crippen molar-refractivity contribution < 1.29 is 0 Å². The largest absolute Gasteiger partial charge is 0.336 e. The Morgan fingerprint density at radius 2 is 1.83 bits per heavy atom. The maximum absolute atomic E-state index is 3.66. The second-order valence-corrected chi connectivity index (χ2v) is 9.36. The molecule has 1 rings (SSSR count). The summed E-state index contributed by atoms with van der Waals surface area (Å²) in [5.74, 6) is 0. The SMILES string of the molecule is CC(C)N[SiH]([SiH3])c1ccccc1. The predicted molar refractivity (Wildman–Crippen MR) is 61.4 cm³/mol. The molecular weight excluding hydrogens is 178 g/mol. The average molecular weight is 195 g/mol. The number of benzene rings is 1. The van der Waals surface area contributed by atoms with Crippen molar-refractivity contribution in [1.82, 2.24) is 4.98 Å². The summed E-state index contributed by atoms with van der Waals surface area (Å²) in [6.45, 7) is 4.45. The molecular formula is C9H17NSi2. The molecule has 0 aromatic heterocycles. The Bertz CT molecular complexity index is 223. The predicted octanol–water partition coefficient (Wildman–Crippen LogP) is -0.523. The summed E-state index contributed by atoms with van der Waals surface area (Å²) in [5, 5.41) is 1.55. The first-order valence-corrected chi connectivity index (χ1v) is 10.3. The molecule has 0 heterocycles. The third-order valence-electron chi connectivity index (χ3n) is 1.88. The molecule has 1 nitrogen and oxygen atoms in total. The minimum atomic E-state index is -0.729. The smallest absolute Gasteiger partial charge is 0.119 e. The summed E-state index contributed by atoms with van der Waals surface area (Å²) >= 11 is 0. The molecule has 1 unspecified atom stereocenters. The van der Waals surface area contributed by atoms with E-state index in [-0.39, 0.29) is 0 Å². The Labute approximate surface area is 79.1 Å². The summed E-state index contributed by atoms with van der Waals surface area (Å²) in [7, 11) is 0.573. The second-order valence-electron chi connectivity index (χ2n) is 3.45. The zero-order chi connectivity index (χ0) is 8.97. The van der Waals surface area contributed by atoms with E-state index >= 15 is 0 Å². The lowest BCUT2D eigenvalue weighted by Gasteiger charge is -2.15. The maximum atomic E-state index is 3.66. The van der Waals surface area contributed by atoms with Gasteiger partial charge in [0.25, 0.3) is 0 Å². The quantitative estimate of drug-likeness (QED) is 0.640. The lowest BCUT2D eigenvalue weighted by molar-refractivity contribution is 0.753. The molecule has 1 aromatic rings. The van der Waals surface area contributed by atoms with Gasteiger partial charge in [0.15, 0.2) is 0 Å². The molecule has 0 aliphatic rings. The Balaban J connectivity index is 2.59. The summed E-state index contributed by atoms with van der Waals surface area (Å²) < 4.78 is 0. The first-order valence-electron chi connectivity index (χ1n) is 4.51. The van der Waals surface area contributed by atoms with Crippen LogP contribution in [-0.2, 0) is 0 Å². The Kier molecular flexibility index (Phi) is 3.71. The van der Waals surface area contributed by atoms with Gasteiger partial charge in [0.1, 0.15) is 8.48 Å². The third kappa shape index (κ3) is 2.93. The first-order chi connectivity index (χ1) is 5.70. The van der Waals surface area contributed by atoms with Crippen molar-refractivity contribution in [2.24, 2.45) is 0 Å². The number of rotatable bonds is 3. The average Bonchev–Trinajstić information content (AvgIpc) is 2.05. The molecule has 0 radical (unpaired) electrons. The van der Waals surface area contributed by atoms with Gasteiger partial charge in [-0.25, -0.2) is 0 Å². The van der Waals surface area contributed by atoms with Crippen molar-refractivity contribution in [3.05, 3.63) is 30.3 Å².